The molecule has 0 aliphatic heterocycles. The molecule has 54 heavy (non-hydrogen) atoms. The third-order valence-corrected chi connectivity index (χ3v) is 11.0. The monoisotopic (exact) mass is 810 g/mol. The average molecular weight is 811 g/mol. The number of ether oxygens (including phenoxy) is 3. The van der Waals surface area contributed by atoms with Crippen LogP contribution in [0.1, 0.15) is 115 Å². The zero-order valence-corrected chi connectivity index (χ0v) is 36.2. The summed E-state index contributed by atoms with van der Waals surface area (Å²) in [5, 5.41) is 9.80. The van der Waals surface area contributed by atoms with Crippen molar-refractivity contribution in [2.24, 2.45) is 0 Å². The molecule has 1 heterocycles. The first-order chi connectivity index (χ1) is 25.4. The number of carbonyl (C=O) groups excluding carboxylic acids is 6. The maximum absolute atomic E-state index is 13.3. The summed E-state index contributed by atoms with van der Waals surface area (Å²) < 4.78 is 16.4. The fraction of sp³-hybridized carbons (Fsp3) is 0.658. The highest BCUT2D eigenvalue weighted by atomic mass is 32.2. The number of thiazole rings is 1. The Morgan fingerprint density at radius 1 is 1.04 bits per heavy atom. The Hall–Kier alpha value is -3.50. The van der Waals surface area contributed by atoms with Gasteiger partial charge in [-0.15, -0.1) is 11.3 Å². The molecular weight excluding hydrogens is 749 g/mol. The summed E-state index contributed by atoms with van der Waals surface area (Å²) in [5.74, 6) is -2.08. The van der Waals surface area contributed by atoms with Crippen molar-refractivity contribution in [3.8, 4) is 0 Å². The van der Waals surface area contributed by atoms with Crippen molar-refractivity contribution < 1.29 is 43.0 Å². The highest BCUT2D eigenvalue weighted by Crippen LogP contribution is 2.15. The van der Waals surface area contributed by atoms with Crippen LogP contribution in [0.25, 0.3) is 0 Å². The number of rotatable bonds is 24. The van der Waals surface area contributed by atoms with Gasteiger partial charge in [-0.1, -0.05) is 83.1 Å². The Bertz CT molecular complexity index is 1430. The van der Waals surface area contributed by atoms with Gasteiger partial charge in [0.2, 0.25) is 0 Å². The second-order valence-electron chi connectivity index (χ2n) is 14.9. The first-order valence-corrected chi connectivity index (χ1v) is 24.3. The molecule has 0 saturated heterocycles. The number of nitrogens with zero attached hydrogens (tertiary/aromatic N) is 1. The largest absolute Gasteiger partial charge is 0.466 e. The quantitative estimate of drug-likeness (QED) is 0.0236. The Balaban J connectivity index is 2.84. The first-order valence-electron chi connectivity index (χ1n) is 18.8. The number of hydrogen-bond donors (Lipinski definition) is 3. The summed E-state index contributed by atoms with van der Waals surface area (Å²) in [6.07, 6.45) is 9.67. The number of allylic oxidation sites excluding steroid dienone is 2. The van der Waals surface area contributed by atoms with E-state index in [1.165, 1.54) is 29.6 Å². The zero-order chi connectivity index (χ0) is 40.7. The van der Waals surface area contributed by atoms with Gasteiger partial charge in [0.1, 0.15) is 34.1 Å². The number of nitrogens with one attached hydrogen (secondary N) is 3. The molecule has 3 amide bonds. The molecule has 3 N–H and O–H groups in total. The van der Waals surface area contributed by atoms with Gasteiger partial charge in [-0.2, -0.15) is 0 Å². The van der Waals surface area contributed by atoms with Crippen LogP contribution in [-0.4, -0.2) is 78.1 Å². The van der Waals surface area contributed by atoms with E-state index in [1.54, 1.807) is 46.8 Å². The summed E-state index contributed by atoms with van der Waals surface area (Å²) in [5.41, 5.74) is -0.733. The smallest absolute Gasteiger partial charge is 0.408 e. The third kappa shape index (κ3) is 22.7. The van der Waals surface area contributed by atoms with E-state index in [9.17, 15) is 28.8 Å². The summed E-state index contributed by atoms with van der Waals surface area (Å²) >= 11 is 2.42. The number of aromatic nitrogens is 1. The van der Waals surface area contributed by atoms with Crippen molar-refractivity contribution in [2.45, 2.75) is 149 Å². The Morgan fingerprint density at radius 2 is 1.74 bits per heavy atom. The minimum Gasteiger partial charge on any atom is -0.466 e. The predicted molar refractivity (Wildman–Crippen MR) is 217 cm³/mol. The predicted octanol–water partition coefficient (Wildman–Crippen LogP) is 7.45. The average Bonchev–Trinajstić information content (AvgIpc) is 3.56. The van der Waals surface area contributed by atoms with Crippen LogP contribution in [0.15, 0.2) is 29.3 Å². The van der Waals surface area contributed by atoms with E-state index in [1.807, 2.05) is 0 Å². The van der Waals surface area contributed by atoms with E-state index in [4.69, 9.17) is 14.2 Å². The molecule has 2 atom stereocenters. The number of alkyl carbamates (subject to hydrolysis) is 1. The Kier molecular flexibility index (Phi) is 23.0. The van der Waals surface area contributed by atoms with E-state index in [0.717, 1.165) is 43.1 Å². The Labute approximate surface area is 330 Å². The maximum atomic E-state index is 13.3. The molecule has 13 nitrogen and oxygen atoms in total. The summed E-state index contributed by atoms with van der Waals surface area (Å²) in [4.78, 5) is 80.6. The number of esters is 2. The van der Waals surface area contributed by atoms with Crippen LogP contribution >= 0.6 is 23.1 Å². The van der Waals surface area contributed by atoms with Crippen molar-refractivity contribution in [1.29, 1.82) is 0 Å². The fourth-order valence-electron chi connectivity index (χ4n) is 4.48. The van der Waals surface area contributed by atoms with E-state index in [0.29, 0.717) is 23.6 Å². The molecule has 0 spiro atoms. The molecular formula is C38H62N4O9S2Si. The van der Waals surface area contributed by atoms with Crippen molar-refractivity contribution in [2.75, 3.05) is 12.4 Å². The van der Waals surface area contributed by atoms with Gasteiger partial charge in [0.25, 0.3) is 11.8 Å². The summed E-state index contributed by atoms with van der Waals surface area (Å²) in [6.45, 7) is 17.5. The summed E-state index contributed by atoms with van der Waals surface area (Å²) in [7, 11) is -1.43. The highest BCUT2D eigenvalue weighted by Gasteiger charge is 2.27. The van der Waals surface area contributed by atoms with Crippen molar-refractivity contribution in [1.82, 2.24) is 20.9 Å². The lowest BCUT2D eigenvalue weighted by molar-refractivity contribution is -0.155. The normalized spacial score (nSPS) is 13.2. The molecule has 0 aliphatic carbocycles. The van der Waals surface area contributed by atoms with Gasteiger partial charge in [0.15, 0.2) is 5.12 Å². The van der Waals surface area contributed by atoms with Crippen LogP contribution in [0.3, 0.4) is 0 Å². The molecule has 0 unspecified atom stereocenters. The molecule has 1 rings (SSSR count). The molecule has 1 aromatic rings. The Morgan fingerprint density at radius 3 is 2.37 bits per heavy atom. The van der Waals surface area contributed by atoms with Crippen LogP contribution in [0.5, 0.6) is 0 Å². The van der Waals surface area contributed by atoms with Gasteiger partial charge >= 0.3 is 18.0 Å². The number of hydrogen-bond acceptors (Lipinski definition) is 12. The number of thioether (sulfide) groups is 1. The third-order valence-electron chi connectivity index (χ3n) is 7.48. The van der Waals surface area contributed by atoms with Crippen LogP contribution in [0, 0.1) is 0 Å². The number of amides is 3. The van der Waals surface area contributed by atoms with E-state index < -0.39 is 55.7 Å². The van der Waals surface area contributed by atoms with Gasteiger partial charge in [-0.25, -0.2) is 14.6 Å². The molecule has 0 radical (unpaired) electrons. The lowest BCUT2D eigenvalue weighted by Crippen LogP contribution is -2.45. The van der Waals surface area contributed by atoms with Crippen LogP contribution in [0.2, 0.25) is 25.7 Å². The fourth-order valence-corrected chi connectivity index (χ4v) is 6.68. The van der Waals surface area contributed by atoms with E-state index in [-0.39, 0.29) is 42.5 Å². The lowest BCUT2D eigenvalue weighted by atomic mass is 10.1. The molecule has 1 aromatic heterocycles. The van der Waals surface area contributed by atoms with Crippen molar-refractivity contribution in [3.05, 3.63) is 40.0 Å². The van der Waals surface area contributed by atoms with Gasteiger partial charge < -0.3 is 30.2 Å². The molecule has 16 heteroatoms. The van der Waals surface area contributed by atoms with Crippen LogP contribution in [0.4, 0.5) is 4.79 Å². The van der Waals surface area contributed by atoms with Gasteiger partial charge in [-0.05, 0) is 59.1 Å². The molecule has 304 valence electrons. The van der Waals surface area contributed by atoms with E-state index in [2.05, 4.69) is 47.5 Å². The van der Waals surface area contributed by atoms with Crippen LogP contribution in [-0.2, 0) is 39.9 Å². The minimum atomic E-state index is -1.43. The van der Waals surface area contributed by atoms with Gasteiger partial charge in [-0.3, -0.25) is 19.2 Å². The second kappa shape index (κ2) is 25.6. The molecule has 0 aromatic carbocycles. The standard InChI is InChI=1S/C38H62N4O9S2Si/c1-10-13-14-15-16-20-33(44)52-22-18-17-19-27(24-32(43)49-21-23-54(7,8)9)50-36(47)29(12-3)42-34(45)28(11-2)41-35(46)30-26-53-31(40-30)25-39-37(48)51-38(4,5)6/h11,17,19,26-27,29H,10,12-16,18,20-25H2,1-9H3,(H,39,48)(H,41,46)(H,42,45)/b19-17+,28-11-/t27-,29+/m1/s1. The maximum Gasteiger partial charge on any atom is 0.408 e. The van der Waals surface area contributed by atoms with Gasteiger partial charge in [0.05, 0.1) is 19.6 Å². The topological polar surface area (TPSA) is 179 Å². The zero-order valence-electron chi connectivity index (χ0n) is 33.6. The van der Waals surface area contributed by atoms with E-state index >= 15 is 0 Å². The van der Waals surface area contributed by atoms with Crippen molar-refractivity contribution >= 4 is 66.1 Å². The molecule has 0 bridgehead atoms. The molecule has 0 aliphatic rings. The SMILES string of the molecule is C/C=C(\NC(=O)c1csc(CNC(=O)OC(C)(C)C)n1)C(=O)N[C@@H](CC)C(=O)O[C@H](/C=C/CCSC(=O)CCCCCCC)CC(=O)OCC[Si](C)(C)C. The van der Waals surface area contributed by atoms with Crippen LogP contribution < -0.4 is 16.0 Å². The summed E-state index contributed by atoms with van der Waals surface area (Å²) in [6, 6.07) is -0.288. The number of carbonyl (C=O) groups is 6. The second-order valence-corrected chi connectivity index (χ2v) is 22.6. The molecule has 0 fully saturated rings. The minimum absolute atomic E-state index is 0.0381. The highest BCUT2D eigenvalue weighted by molar-refractivity contribution is 8.13. The lowest BCUT2D eigenvalue weighted by Gasteiger charge is -2.21. The van der Waals surface area contributed by atoms with Crippen molar-refractivity contribution in [3.63, 3.8) is 0 Å². The molecule has 0 saturated carbocycles. The van der Waals surface area contributed by atoms with Gasteiger partial charge in [0, 0.05) is 25.6 Å². The first kappa shape index (κ1) is 48.5. The number of unbranched alkanes of at least 4 members (excludes halogenated alkanes) is 4.